The van der Waals surface area contributed by atoms with Crippen LogP contribution in [-0.2, 0) is 19.6 Å². The zero-order valence-corrected chi connectivity index (χ0v) is 12.3. The van der Waals surface area contributed by atoms with Crippen molar-refractivity contribution < 1.29 is 4.74 Å². The summed E-state index contributed by atoms with van der Waals surface area (Å²) >= 11 is 3.51. The molecule has 3 rings (SSSR count). The molecule has 2 heterocycles. The van der Waals surface area contributed by atoms with E-state index in [2.05, 4.69) is 41.7 Å². The summed E-state index contributed by atoms with van der Waals surface area (Å²) in [6, 6.07) is 6.10. The second kappa shape index (κ2) is 5.30. The molecule has 0 radical (unpaired) electrons. The van der Waals surface area contributed by atoms with Crippen molar-refractivity contribution in [2.45, 2.75) is 19.6 Å². The van der Waals surface area contributed by atoms with Crippen LogP contribution < -0.4 is 4.74 Å². The fourth-order valence-corrected chi connectivity index (χ4v) is 2.77. The molecule has 0 aliphatic carbocycles. The number of nitrogens with zero attached hydrogens (tertiary/aromatic N) is 4. The fraction of sp³-hybridized carbons (Fsp3) is 0.385. The van der Waals surface area contributed by atoms with E-state index in [-0.39, 0.29) is 0 Å². The molecule has 0 fully saturated rings. The molecule has 0 spiro atoms. The third kappa shape index (κ3) is 2.64. The maximum atomic E-state index is 5.42. The Hall–Kier alpha value is -1.40. The van der Waals surface area contributed by atoms with Gasteiger partial charge in [0, 0.05) is 29.7 Å². The Labute approximate surface area is 120 Å². The molecule has 0 amide bonds. The van der Waals surface area contributed by atoms with Gasteiger partial charge in [0.25, 0.3) is 0 Å². The summed E-state index contributed by atoms with van der Waals surface area (Å²) in [5.41, 5.74) is 1.19. The van der Waals surface area contributed by atoms with E-state index in [1.54, 1.807) is 13.4 Å². The van der Waals surface area contributed by atoms with Crippen molar-refractivity contribution in [3.8, 4) is 5.75 Å². The summed E-state index contributed by atoms with van der Waals surface area (Å²) in [5.74, 6) is 1.95. The van der Waals surface area contributed by atoms with E-state index < -0.39 is 0 Å². The van der Waals surface area contributed by atoms with Crippen LogP contribution in [0.4, 0.5) is 0 Å². The van der Waals surface area contributed by atoms with Crippen LogP contribution in [-0.4, -0.2) is 33.3 Å². The zero-order chi connectivity index (χ0) is 13.2. The highest BCUT2D eigenvalue weighted by atomic mass is 79.9. The van der Waals surface area contributed by atoms with E-state index in [0.29, 0.717) is 0 Å². The topological polar surface area (TPSA) is 43.2 Å². The van der Waals surface area contributed by atoms with Crippen molar-refractivity contribution in [1.82, 2.24) is 19.7 Å². The summed E-state index contributed by atoms with van der Waals surface area (Å²) < 4.78 is 8.59. The Morgan fingerprint density at radius 3 is 3.11 bits per heavy atom. The molecule has 0 saturated heterocycles. The minimum atomic E-state index is 0.829. The standard InChI is InChI=1S/C13H15BrN4O/c1-19-12-3-2-11(14)6-10(12)7-17-4-5-18-9-15-16-13(18)8-17/h2-3,6,9H,4-5,7-8H2,1H3. The number of aromatic nitrogens is 3. The summed E-state index contributed by atoms with van der Waals surface area (Å²) in [6.07, 6.45) is 1.80. The lowest BCUT2D eigenvalue weighted by molar-refractivity contribution is 0.206. The molecular formula is C13H15BrN4O. The number of hydrogen-bond acceptors (Lipinski definition) is 4. The lowest BCUT2D eigenvalue weighted by Crippen LogP contribution is -2.33. The van der Waals surface area contributed by atoms with E-state index in [1.807, 2.05) is 12.1 Å². The van der Waals surface area contributed by atoms with Gasteiger partial charge in [0.1, 0.15) is 17.9 Å². The number of fused-ring (bicyclic) bond motifs is 1. The van der Waals surface area contributed by atoms with Gasteiger partial charge in [-0.2, -0.15) is 0 Å². The summed E-state index contributed by atoms with van der Waals surface area (Å²) in [6.45, 7) is 3.63. The molecule has 19 heavy (non-hydrogen) atoms. The third-order valence-corrected chi connectivity index (χ3v) is 3.85. The molecular weight excluding hydrogens is 308 g/mol. The van der Waals surface area contributed by atoms with Crippen molar-refractivity contribution in [3.63, 3.8) is 0 Å². The molecule has 0 N–H and O–H groups in total. The van der Waals surface area contributed by atoms with Crippen LogP contribution in [0.2, 0.25) is 0 Å². The Morgan fingerprint density at radius 2 is 2.26 bits per heavy atom. The van der Waals surface area contributed by atoms with Crippen molar-refractivity contribution in [2.24, 2.45) is 0 Å². The average Bonchev–Trinajstić information content (AvgIpc) is 2.86. The van der Waals surface area contributed by atoms with Gasteiger partial charge in [-0.25, -0.2) is 0 Å². The van der Waals surface area contributed by atoms with E-state index in [1.165, 1.54) is 5.56 Å². The van der Waals surface area contributed by atoms with Crippen LogP contribution in [0.15, 0.2) is 29.0 Å². The number of halogens is 1. The van der Waals surface area contributed by atoms with Crippen LogP contribution in [0.5, 0.6) is 5.75 Å². The molecule has 5 nitrogen and oxygen atoms in total. The van der Waals surface area contributed by atoms with Crippen molar-refractivity contribution in [2.75, 3.05) is 13.7 Å². The van der Waals surface area contributed by atoms with Crippen LogP contribution in [0.25, 0.3) is 0 Å². The van der Waals surface area contributed by atoms with Gasteiger partial charge in [-0.1, -0.05) is 15.9 Å². The third-order valence-electron chi connectivity index (χ3n) is 3.35. The zero-order valence-electron chi connectivity index (χ0n) is 10.7. The molecule has 0 saturated carbocycles. The van der Waals surface area contributed by atoms with Gasteiger partial charge >= 0.3 is 0 Å². The lowest BCUT2D eigenvalue weighted by atomic mass is 10.1. The molecule has 0 unspecified atom stereocenters. The normalized spacial score (nSPS) is 15.3. The van der Waals surface area contributed by atoms with Crippen LogP contribution >= 0.6 is 15.9 Å². The maximum Gasteiger partial charge on any atom is 0.147 e. The van der Waals surface area contributed by atoms with E-state index in [9.17, 15) is 0 Å². The van der Waals surface area contributed by atoms with Crippen LogP contribution in [0.3, 0.4) is 0 Å². The highest BCUT2D eigenvalue weighted by molar-refractivity contribution is 9.10. The second-order valence-electron chi connectivity index (χ2n) is 4.61. The molecule has 1 aromatic carbocycles. The highest BCUT2D eigenvalue weighted by Crippen LogP contribution is 2.25. The Kier molecular flexibility index (Phi) is 3.52. The summed E-state index contributed by atoms with van der Waals surface area (Å²) in [4.78, 5) is 2.36. The van der Waals surface area contributed by atoms with Gasteiger partial charge in [0.15, 0.2) is 0 Å². The SMILES string of the molecule is COc1ccc(Br)cc1CN1CCn2cnnc2C1. The van der Waals surface area contributed by atoms with Gasteiger partial charge < -0.3 is 9.30 Å². The molecule has 1 aromatic heterocycles. The number of methoxy groups -OCH3 is 1. The minimum Gasteiger partial charge on any atom is -0.496 e. The van der Waals surface area contributed by atoms with Crippen LogP contribution in [0, 0.1) is 0 Å². The van der Waals surface area contributed by atoms with Crippen molar-refractivity contribution in [1.29, 1.82) is 0 Å². The van der Waals surface area contributed by atoms with E-state index in [0.717, 1.165) is 42.2 Å². The second-order valence-corrected chi connectivity index (χ2v) is 5.52. The molecule has 1 aliphatic heterocycles. The van der Waals surface area contributed by atoms with Gasteiger partial charge in [-0.15, -0.1) is 10.2 Å². The van der Waals surface area contributed by atoms with Gasteiger partial charge in [0.05, 0.1) is 13.7 Å². The maximum absolute atomic E-state index is 5.42. The fourth-order valence-electron chi connectivity index (χ4n) is 2.36. The highest BCUT2D eigenvalue weighted by Gasteiger charge is 2.18. The average molecular weight is 323 g/mol. The molecule has 2 aromatic rings. The summed E-state index contributed by atoms with van der Waals surface area (Å²) in [5, 5.41) is 8.09. The first-order valence-corrected chi connectivity index (χ1v) is 6.97. The molecule has 100 valence electrons. The first-order chi connectivity index (χ1) is 9.26. The Balaban J connectivity index is 1.77. The first-order valence-electron chi connectivity index (χ1n) is 6.18. The summed E-state index contributed by atoms with van der Waals surface area (Å²) in [7, 11) is 1.71. The molecule has 1 aliphatic rings. The number of ether oxygens (including phenoxy) is 1. The van der Waals surface area contributed by atoms with Gasteiger partial charge in [-0.3, -0.25) is 4.90 Å². The quantitative estimate of drug-likeness (QED) is 0.867. The Morgan fingerprint density at radius 1 is 1.37 bits per heavy atom. The van der Waals surface area contributed by atoms with Crippen LogP contribution in [0.1, 0.15) is 11.4 Å². The van der Waals surface area contributed by atoms with E-state index >= 15 is 0 Å². The van der Waals surface area contributed by atoms with Gasteiger partial charge in [0.2, 0.25) is 0 Å². The molecule has 6 heteroatoms. The smallest absolute Gasteiger partial charge is 0.147 e. The van der Waals surface area contributed by atoms with Crippen molar-refractivity contribution >= 4 is 15.9 Å². The molecule has 0 bridgehead atoms. The largest absolute Gasteiger partial charge is 0.496 e. The number of rotatable bonds is 3. The van der Waals surface area contributed by atoms with Gasteiger partial charge in [-0.05, 0) is 18.2 Å². The first kappa shape index (κ1) is 12.6. The lowest BCUT2D eigenvalue weighted by Gasteiger charge is -2.27. The predicted molar refractivity (Wildman–Crippen MR) is 74.8 cm³/mol. The minimum absolute atomic E-state index is 0.829. The monoisotopic (exact) mass is 322 g/mol. The number of benzene rings is 1. The van der Waals surface area contributed by atoms with Crippen molar-refractivity contribution in [3.05, 3.63) is 40.4 Å². The Bertz CT molecular complexity index is 584. The van der Waals surface area contributed by atoms with E-state index in [4.69, 9.17) is 4.74 Å². The molecule has 0 atom stereocenters. The predicted octanol–water partition coefficient (Wildman–Crippen LogP) is 2.06. The number of hydrogen-bond donors (Lipinski definition) is 0.